The molecule has 0 bridgehead atoms. The summed E-state index contributed by atoms with van der Waals surface area (Å²) in [5.41, 5.74) is 0. The number of aliphatic carboxylic acids is 1. The first-order chi connectivity index (χ1) is 13.1. The molecule has 0 spiro atoms. The number of carboxylic acid groups (broad SMARTS) is 1. The summed E-state index contributed by atoms with van der Waals surface area (Å²) in [5.74, 6) is -2.77. The predicted octanol–water partition coefficient (Wildman–Crippen LogP) is -2.77. The molecule has 10 atom stereocenters. The minimum Gasteiger partial charge on any atom is -0.481 e. The zero-order valence-corrected chi connectivity index (χ0v) is 16.0. The number of aliphatic hydroxyl groups excluding tert-OH is 4. The molecule has 11 heteroatoms. The van der Waals surface area contributed by atoms with Crippen LogP contribution < -0.4 is 5.32 Å². The first kappa shape index (κ1) is 22.9. The second kappa shape index (κ2) is 9.44. The van der Waals surface area contributed by atoms with Crippen LogP contribution in [-0.4, -0.2) is 106 Å². The largest absolute Gasteiger partial charge is 0.481 e. The highest BCUT2D eigenvalue weighted by Gasteiger charge is 2.51. The minimum absolute atomic E-state index is 0.179. The summed E-state index contributed by atoms with van der Waals surface area (Å²) < 4.78 is 16.4. The molecule has 0 aromatic rings. The SMILES string of the molecule is CO[C@@H]1C(C(=O)O)C[C@@H](O[C@@H]2C(NC(C)=O)C(C)OC(CO)[C@H]2O)C(O)[C@H]1O. The number of nitrogens with one attached hydrogen (secondary N) is 1. The van der Waals surface area contributed by atoms with Gasteiger partial charge in [-0.25, -0.2) is 0 Å². The van der Waals surface area contributed by atoms with Gasteiger partial charge in [-0.05, 0) is 13.3 Å². The van der Waals surface area contributed by atoms with Crippen molar-refractivity contribution in [2.75, 3.05) is 13.7 Å². The van der Waals surface area contributed by atoms with Crippen LogP contribution in [0.25, 0.3) is 0 Å². The van der Waals surface area contributed by atoms with Crippen molar-refractivity contribution >= 4 is 11.9 Å². The Morgan fingerprint density at radius 2 is 1.79 bits per heavy atom. The van der Waals surface area contributed by atoms with Gasteiger partial charge in [0.25, 0.3) is 0 Å². The fourth-order valence-electron chi connectivity index (χ4n) is 3.94. The van der Waals surface area contributed by atoms with Crippen molar-refractivity contribution in [1.82, 2.24) is 5.32 Å². The summed E-state index contributed by atoms with van der Waals surface area (Å²) in [6.07, 6.45) is -9.54. The van der Waals surface area contributed by atoms with E-state index in [1.165, 1.54) is 14.0 Å². The van der Waals surface area contributed by atoms with Gasteiger partial charge in [0.05, 0.1) is 36.9 Å². The summed E-state index contributed by atoms with van der Waals surface area (Å²) in [4.78, 5) is 23.1. The molecule has 6 N–H and O–H groups in total. The van der Waals surface area contributed by atoms with Crippen LogP contribution in [0, 0.1) is 5.92 Å². The molecular weight excluding hydrogens is 378 g/mol. The minimum atomic E-state index is -1.52. The van der Waals surface area contributed by atoms with Crippen molar-refractivity contribution in [2.45, 2.75) is 75.1 Å². The van der Waals surface area contributed by atoms with Gasteiger partial charge in [-0.3, -0.25) is 9.59 Å². The maximum atomic E-state index is 11.6. The number of aliphatic hydroxyl groups is 4. The monoisotopic (exact) mass is 407 g/mol. The van der Waals surface area contributed by atoms with Gasteiger partial charge < -0.3 is 45.1 Å². The molecule has 28 heavy (non-hydrogen) atoms. The Labute approximate surface area is 162 Å². The van der Waals surface area contributed by atoms with E-state index in [1.807, 2.05) is 0 Å². The van der Waals surface area contributed by atoms with Crippen molar-refractivity contribution in [2.24, 2.45) is 5.92 Å². The Bertz CT molecular complexity index is 560. The Morgan fingerprint density at radius 1 is 1.14 bits per heavy atom. The molecule has 1 heterocycles. The van der Waals surface area contributed by atoms with Crippen LogP contribution in [-0.2, 0) is 23.8 Å². The lowest BCUT2D eigenvalue weighted by Crippen LogP contribution is -2.66. The smallest absolute Gasteiger partial charge is 0.309 e. The average Bonchev–Trinajstić information content (AvgIpc) is 2.63. The van der Waals surface area contributed by atoms with Gasteiger partial charge >= 0.3 is 5.97 Å². The predicted molar refractivity (Wildman–Crippen MR) is 92.2 cm³/mol. The average molecular weight is 407 g/mol. The zero-order chi connectivity index (χ0) is 21.2. The lowest BCUT2D eigenvalue weighted by atomic mass is 9.80. The third-order valence-electron chi connectivity index (χ3n) is 5.39. The number of ether oxygens (including phenoxy) is 3. The second-order valence-electron chi connectivity index (χ2n) is 7.28. The first-order valence-corrected chi connectivity index (χ1v) is 9.11. The van der Waals surface area contributed by atoms with E-state index >= 15 is 0 Å². The molecule has 2 fully saturated rings. The highest BCUT2D eigenvalue weighted by atomic mass is 16.6. The van der Waals surface area contributed by atoms with Crippen molar-refractivity contribution in [3.05, 3.63) is 0 Å². The van der Waals surface area contributed by atoms with Gasteiger partial charge in [-0.15, -0.1) is 0 Å². The van der Waals surface area contributed by atoms with Crippen LogP contribution >= 0.6 is 0 Å². The summed E-state index contributed by atoms with van der Waals surface area (Å²) >= 11 is 0. The number of carbonyl (C=O) groups excluding carboxylic acids is 1. The van der Waals surface area contributed by atoms with Gasteiger partial charge in [-0.1, -0.05) is 0 Å². The number of methoxy groups -OCH3 is 1. The number of rotatable bonds is 6. The van der Waals surface area contributed by atoms with Crippen LogP contribution in [0.5, 0.6) is 0 Å². The second-order valence-corrected chi connectivity index (χ2v) is 7.28. The quantitative estimate of drug-likeness (QED) is 0.270. The Balaban J connectivity index is 2.26. The fourth-order valence-corrected chi connectivity index (χ4v) is 3.94. The zero-order valence-electron chi connectivity index (χ0n) is 16.0. The molecule has 1 amide bonds. The van der Waals surface area contributed by atoms with Crippen LogP contribution in [0.2, 0.25) is 0 Å². The number of hydrogen-bond acceptors (Lipinski definition) is 9. The summed E-state index contributed by atoms with van der Waals surface area (Å²) in [7, 11) is 1.24. The molecule has 0 aromatic heterocycles. The van der Waals surface area contributed by atoms with E-state index in [-0.39, 0.29) is 6.42 Å². The van der Waals surface area contributed by atoms with Gasteiger partial charge in [0, 0.05) is 14.0 Å². The fraction of sp³-hybridized carbons (Fsp3) is 0.882. The van der Waals surface area contributed by atoms with Crippen LogP contribution in [0.4, 0.5) is 0 Å². The number of carbonyl (C=O) groups is 2. The van der Waals surface area contributed by atoms with Gasteiger partial charge in [0.2, 0.25) is 5.91 Å². The van der Waals surface area contributed by atoms with E-state index in [0.29, 0.717) is 0 Å². The van der Waals surface area contributed by atoms with E-state index < -0.39 is 79.3 Å². The van der Waals surface area contributed by atoms with E-state index in [1.54, 1.807) is 6.92 Å². The molecule has 162 valence electrons. The molecule has 2 aliphatic rings. The first-order valence-electron chi connectivity index (χ1n) is 9.11. The maximum Gasteiger partial charge on any atom is 0.309 e. The lowest BCUT2D eigenvalue weighted by Gasteiger charge is -2.47. The summed E-state index contributed by atoms with van der Waals surface area (Å²) in [6, 6.07) is -0.817. The normalized spacial score (nSPS) is 44.1. The van der Waals surface area contributed by atoms with Crippen molar-refractivity contribution in [1.29, 1.82) is 0 Å². The molecule has 1 saturated carbocycles. The Hall–Kier alpha value is -1.34. The topological polar surface area (TPSA) is 175 Å². The molecule has 0 radical (unpaired) electrons. The van der Waals surface area contributed by atoms with Gasteiger partial charge in [0.15, 0.2) is 0 Å². The highest BCUT2D eigenvalue weighted by Crippen LogP contribution is 2.33. The molecule has 1 aliphatic carbocycles. The van der Waals surface area contributed by atoms with Crippen molar-refractivity contribution < 1.29 is 49.3 Å². The summed E-state index contributed by atoms with van der Waals surface area (Å²) in [5, 5.41) is 52.7. The Morgan fingerprint density at radius 3 is 2.29 bits per heavy atom. The highest BCUT2D eigenvalue weighted by molar-refractivity contribution is 5.73. The number of amides is 1. The molecule has 5 unspecified atom stereocenters. The van der Waals surface area contributed by atoms with E-state index in [9.17, 15) is 35.1 Å². The Kier molecular flexibility index (Phi) is 7.73. The third kappa shape index (κ3) is 4.62. The van der Waals surface area contributed by atoms with Crippen LogP contribution in [0.15, 0.2) is 0 Å². The lowest BCUT2D eigenvalue weighted by molar-refractivity contribution is -0.247. The molecule has 11 nitrogen and oxygen atoms in total. The van der Waals surface area contributed by atoms with Crippen molar-refractivity contribution in [3.63, 3.8) is 0 Å². The molecule has 0 aromatic carbocycles. The van der Waals surface area contributed by atoms with E-state index in [2.05, 4.69) is 5.32 Å². The van der Waals surface area contributed by atoms with Crippen LogP contribution in [0.1, 0.15) is 20.3 Å². The number of carboxylic acids is 1. The van der Waals surface area contributed by atoms with E-state index in [4.69, 9.17) is 14.2 Å². The van der Waals surface area contributed by atoms with E-state index in [0.717, 1.165) is 0 Å². The third-order valence-corrected chi connectivity index (χ3v) is 5.39. The maximum absolute atomic E-state index is 11.6. The molecular formula is C17H29NO10. The van der Waals surface area contributed by atoms with Crippen LogP contribution in [0.3, 0.4) is 0 Å². The van der Waals surface area contributed by atoms with Gasteiger partial charge in [0.1, 0.15) is 30.5 Å². The standard InChI is InChI=1S/C17H29NO10/c1-6-11(18-7(2)20)16(13(22)10(5-19)27-6)28-9-4-8(17(24)25)15(26-3)14(23)12(9)21/h6,8-16,19,21-23H,4-5H2,1-3H3,(H,18,20)(H,24,25)/t6?,8?,9-,10?,11?,12?,13-,14-,15-,16-/m1/s1. The molecule has 1 aliphatic heterocycles. The number of hydrogen-bond donors (Lipinski definition) is 6. The van der Waals surface area contributed by atoms with Gasteiger partial charge in [-0.2, -0.15) is 0 Å². The van der Waals surface area contributed by atoms with Crippen molar-refractivity contribution in [3.8, 4) is 0 Å². The summed E-state index contributed by atoms with van der Waals surface area (Å²) in [6.45, 7) is 2.40. The molecule has 1 saturated heterocycles. The molecule has 2 rings (SSSR count).